The molecule has 0 aliphatic heterocycles. The summed E-state index contributed by atoms with van der Waals surface area (Å²) in [6.45, 7) is 2.36. The molecule has 2 unspecified atom stereocenters. The van der Waals surface area contributed by atoms with Crippen LogP contribution < -0.4 is 0 Å². The zero-order valence-corrected chi connectivity index (χ0v) is 15.5. The minimum absolute atomic E-state index is 0.272. The number of carbonyl (C=O) groups excluding carboxylic acids is 1. The van der Waals surface area contributed by atoms with Gasteiger partial charge in [0.15, 0.2) is 0 Å². The molecule has 0 radical (unpaired) electrons. The van der Waals surface area contributed by atoms with Crippen LogP contribution >= 0.6 is 23.2 Å². The third-order valence-corrected chi connectivity index (χ3v) is 4.86. The Hall–Kier alpha value is -2.37. The van der Waals surface area contributed by atoms with Crippen molar-refractivity contribution in [3.63, 3.8) is 0 Å². The first-order valence-corrected chi connectivity index (χ1v) is 8.78. The molecule has 2 heterocycles. The van der Waals surface area contributed by atoms with Gasteiger partial charge in [-0.2, -0.15) is 0 Å². The summed E-state index contributed by atoms with van der Waals surface area (Å²) < 4.78 is 5.48. The minimum atomic E-state index is -0.508. The number of carbonyl (C=O) groups is 1. The molecule has 0 amide bonds. The third-order valence-electron chi connectivity index (χ3n) is 4.25. The van der Waals surface area contributed by atoms with Crippen molar-refractivity contribution >= 4 is 29.7 Å². The van der Waals surface area contributed by atoms with E-state index in [-0.39, 0.29) is 5.92 Å². The third kappa shape index (κ3) is 4.06. The first-order chi connectivity index (χ1) is 12.6. The van der Waals surface area contributed by atoms with E-state index < -0.39 is 6.10 Å². The topological polar surface area (TPSA) is 67.9 Å². The lowest BCUT2D eigenvalue weighted by Gasteiger charge is -2.26. The van der Waals surface area contributed by atoms with Crippen LogP contribution in [0.2, 0.25) is 10.0 Å². The lowest BCUT2D eigenvalue weighted by molar-refractivity contribution is -0.134. The molecule has 7 heteroatoms. The number of imidazole rings is 1. The lowest BCUT2D eigenvalue weighted by Crippen LogP contribution is -2.27. The van der Waals surface area contributed by atoms with Crippen molar-refractivity contribution < 1.29 is 9.53 Å². The Bertz CT molecular complexity index is 884. The number of halogens is 2. The molecule has 134 valence electrons. The molecule has 0 aliphatic rings. The van der Waals surface area contributed by atoms with Crippen LogP contribution in [0.1, 0.15) is 28.4 Å². The van der Waals surface area contributed by atoms with Gasteiger partial charge < -0.3 is 9.72 Å². The molecule has 2 atom stereocenters. The molecule has 0 aliphatic carbocycles. The Labute approximate surface area is 161 Å². The van der Waals surface area contributed by atoms with Gasteiger partial charge in [0.2, 0.25) is 0 Å². The largest absolute Gasteiger partial charge is 0.463 e. The van der Waals surface area contributed by atoms with Gasteiger partial charge in [0.25, 0.3) is 6.47 Å². The maximum atomic E-state index is 11.2. The first kappa shape index (κ1) is 18.4. The number of H-pyrrole nitrogens is 1. The van der Waals surface area contributed by atoms with Crippen LogP contribution in [0.5, 0.6) is 0 Å². The summed E-state index contributed by atoms with van der Waals surface area (Å²) in [7, 11) is 0. The molecular weight excluding hydrogens is 373 g/mol. The molecule has 0 saturated heterocycles. The molecule has 0 fully saturated rings. The fourth-order valence-electron chi connectivity index (χ4n) is 3.05. The van der Waals surface area contributed by atoms with Gasteiger partial charge in [0.05, 0.1) is 17.9 Å². The monoisotopic (exact) mass is 389 g/mol. The summed E-state index contributed by atoms with van der Waals surface area (Å²) in [6, 6.07) is 9.03. The van der Waals surface area contributed by atoms with E-state index in [1.165, 1.54) is 0 Å². The molecule has 3 aromatic rings. The van der Waals surface area contributed by atoms with Crippen molar-refractivity contribution in [3.05, 3.63) is 81.6 Å². The molecule has 3 rings (SSSR count). The van der Waals surface area contributed by atoms with E-state index in [4.69, 9.17) is 27.9 Å². The Balaban J connectivity index is 2.04. The van der Waals surface area contributed by atoms with Gasteiger partial charge in [0, 0.05) is 34.6 Å². The molecule has 26 heavy (non-hydrogen) atoms. The summed E-state index contributed by atoms with van der Waals surface area (Å²) in [6.07, 6.45) is 4.97. The highest BCUT2D eigenvalue weighted by Crippen LogP contribution is 2.33. The van der Waals surface area contributed by atoms with Gasteiger partial charge in [-0.25, -0.2) is 4.98 Å². The standard InChI is InChI=1S/C19H17Cl2N3O2/c1-12-19(24-10-23-12)18(13-3-2-6-22-9-13)17(26-11-25)8-14-7-15(20)4-5-16(14)21/h2-7,9-11,17-18H,8H2,1H3,(H,23,24). The predicted octanol–water partition coefficient (Wildman–Crippen LogP) is 4.34. The quantitative estimate of drug-likeness (QED) is 0.610. The zero-order valence-electron chi connectivity index (χ0n) is 14.0. The maximum absolute atomic E-state index is 11.2. The Morgan fingerprint density at radius 1 is 1.31 bits per heavy atom. The summed E-state index contributed by atoms with van der Waals surface area (Å²) in [5, 5.41) is 1.14. The lowest BCUT2D eigenvalue weighted by atomic mass is 9.87. The highest BCUT2D eigenvalue weighted by Gasteiger charge is 2.30. The van der Waals surface area contributed by atoms with Crippen molar-refractivity contribution in [2.75, 3.05) is 0 Å². The van der Waals surface area contributed by atoms with Crippen LogP contribution in [0.3, 0.4) is 0 Å². The molecule has 1 aromatic carbocycles. The van der Waals surface area contributed by atoms with E-state index in [1.54, 1.807) is 36.9 Å². The van der Waals surface area contributed by atoms with Crippen molar-refractivity contribution in [2.45, 2.75) is 25.4 Å². The zero-order chi connectivity index (χ0) is 18.5. The van der Waals surface area contributed by atoms with Crippen LogP contribution in [0.4, 0.5) is 0 Å². The normalized spacial score (nSPS) is 13.2. The molecular formula is C19H17Cl2N3O2. The second kappa shape index (κ2) is 8.34. The summed E-state index contributed by atoms with van der Waals surface area (Å²) in [4.78, 5) is 22.9. The summed E-state index contributed by atoms with van der Waals surface area (Å²) >= 11 is 12.4. The fraction of sp³-hybridized carbons (Fsp3) is 0.211. The molecule has 5 nitrogen and oxygen atoms in total. The van der Waals surface area contributed by atoms with Crippen LogP contribution in [0.15, 0.2) is 49.1 Å². The molecule has 0 saturated carbocycles. The van der Waals surface area contributed by atoms with E-state index in [1.807, 2.05) is 19.1 Å². The number of aryl methyl sites for hydroxylation is 1. The number of nitrogens with one attached hydrogen (secondary N) is 1. The van der Waals surface area contributed by atoms with E-state index in [0.717, 1.165) is 22.5 Å². The molecule has 1 N–H and O–H groups in total. The molecule has 0 spiro atoms. The van der Waals surface area contributed by atoms with Crippen molar-refractivity contribution in [3.8, 4) is 0 Å². The van der Waals surface area contributed by atoms with Gasteiger partial charge >= 0.3 is 0 Å². The van der Waals surface area contributed by atoms with Gasteiger partial charge in [-0.3, -0.25) is 9.78 Å². The first-order valence-electron chi connectivity index (χ1n) is 8.03. The minimum Gasteiger partial charge on any atom is -0.463 e. The van der Waals surface area contributed by atoms with Crippen LogP contribution in [0.25, 0.3) is 0 Å². The Kier molecular flexibility index (Phi) is 5.91. The average Bonchev–Trinajstić information content (AvgIpc) is 3.05. The van der Waals surface area contributed by atoms with Gasteiger partial charge in [-0.1, -0.05) is 29.3 Å². The van der Waals surface area contributed by atoms with Gasteiger partial charge in [-0.05, 0) is 42.3 Å². The predicted molar refractivity (Wildman–Crippen MR) is 101 cm³/mol. The number of aromatic nitrogens is 3. The SMILES string of the molecule is Cc1nc[nH]c1C(c1cccnc1)C(Cc1cc(Cl)ccc1Cl)OC=O. The number of rotatable bonds is 7. The van der Waals surface area contributed by atoms with E-state index in [2.05, 4.69) is 15.0 Å². The average molecular weight is 390 g/mol. The second-order valence-electron chi connectivity index (χ2n) is 5.88. The van der Waals surface area contributed by atoms with Crippen molar-refractivity contribution in [1.82, 2.24) is 15.0 Å². The number of hydrogen-bond acceptors (Lipinski definition) is 4. The Morgan fingerprint density at radius 3 is 2.81 bits per heavy atom. The molecule has 0 bridgehead atoms. The number of hydrogen-bond donors (Lipinski definition) is 1. The fourth-order valence-corrected chi connectivity index (χ4v) is 3.44. The highest BCUT2D eigenvalue weighted by atomic mass is 35.5. The summed E-state index contributed by atoms with van der Waals surface area (Å²) in [5.41, 5.74) is 3.40. The number of ether oxygens (including phenoxy) is 1. The second-order valence-corrected chi connectivity index (χ2v) is 6.72. The number of nitrogens with zero attached hydrogens (tertiary/aromatic N) is 2. The van der Waals surface area contributed by atoms with Crippen LogP contribution in [-0.2, 0) is 16.0 Å². The van der Waals surface area contributed by atoms with Crippen LogP contribution in [-0.4, -0.2) is 27.5 Å². The number of benzene rings is 1. The van der Waals surface area contributed by atoms with Crippen LogP contribution in [0, 0.1) is 6.92 Å². The number of aromatic amines is 1. The van der Waals surface area contributed by atoms with E-state index in [0.29, 0.717) is 22.9 Å². The smallest absolute Gasteiger partial charge is 0.293 e. The van der Waals surface area contributed by atoms with Gasteiger partial charge in [0.1, 0.15) is 6.10 Å². The summed E-state index contributed by atoms with van der Waals surface area (Å²) in [5.74, 6) is -0.272. The Morgan fingerprint density at radius 2 is 2.15 bits per heavy atom. The maximum Gasteiger partial charge on any atom is 0.293 e. The van der Waals surface area contributed by atoms with Gasteiger partial charge in [-0.15, -0.1) is 0 Å². The molecule has 2 aromatic heterocycles. The van der Waals surface area contributed by atoms with Crippen molar-refractivity contribution in [2.24, 2.45) is 0 Å². The number of pyridine rings is 1. The van der Waals surface area contributed by atoms with E-state index >= 15 is 0 Å². The van der Waals surface area contributed by atoms with Crippen molar-refractivity contribution in [1.29, 1.82) is 0 Å². The highest BCUT2D eigenvalue weighted by molar-refractivity contribution is 6.33. The van der Waals surface area contributed by atoms with E-state index in [9.17, 15) is 4.79 Å².